The SMILES string of the molecule is COc1ccc2cc(-c3cc(-c4cc(C(F)(F)F)ccc4F)nn3C(C)c3ccc(NCCC(=O)O)cc3)ccc2c1. The molecule has 1 atom stereocenters. The van der Waals surface area contributed by atoms with Crippen molar-refractivity contribution in [2.45, 2.75) is 25.6 Å². The van der Waals surface area contributed by atoms with Crippen LogP contribution in [-0.2, 0) is 11.0 Å². The Kier molecular flexibility index (Phi) is 7.89. The summed E-state index contributed by atoms with van der Waals surface area (Å²) >= 11 is 0. The van der Waals surface area contributed by atoms with E-state index in [0.717, 1.165) is 39.7 Å². The quantitative estimate of drug-likeness (QED) is 0.174. The van der Waals surface area contributed by atoms with Gasteiger partial charge in [-0.3, -0.25) is 9.48 Å². The second kappa shape index (κ2) is 11.6. The summed E-state index contributed by atoms with van der Waals surface area (Å²) in [5, 5.41) is 18.4. The van der Waals surface area contributed by atoms with Gasteiger partial charge in [0, 0.05) is 23.4 Å². The molecule has 4 aromatic carbocycles. The summed E-state index contributed by atoms with van der Waals surface area (Å²) in [5.41, 5.74) is 1.78. The molecule has 1 aromatic heterocycles. The molecule has 0 aliphatic rings. The number of ether oxygens (including phenoxy) is 1. The summed E-state index contributed by atoms with van der Waals surface area (Å²) < 4.78 is 62.3. The van der Waals surface area contributed by atoms with Gasteiger partial charge in [-0.25, -0.2) is 4.39 Å². The Morgan fingerprint density at radius 1 is 0.976 bits per heavy atom. The zero-order chi connectivity index (χ0) is 30.0. The number of nitrogens with zero attached hydrogens (tertiary/aromatic N) is 2. The normalized spacial score (nSPS) is 12.3. The molecule has 1 heterocycles. The van der Waals surface area contributed by atoms with E-state index >= 15 is 0 Å². The molecule has 6 nitrogen and oxygen atoms in total. The first-order valence-corrected chi connectivity index (χ1v) is 13.1. The van der Waals surface area contributed by atoms with E-state index in [1.807, 2.05) is 67.6 Å². The summed E-state index contributed by atoms with van der Waals surface area (Å²) in [6.45, 7) is 2.16. The van der Waals surface area contributed by atoms with Crippen LogP contribution in [0.1, 0.15) is 30.5 Å². The summed E-state index contributed by atoms with van der Waals surface area (Å²) in [6, 6.07) is 22.2. The maximum atomic E-state index is 14.9. The monoisotopic (exact) mass is 577 g/mol. The number of aliphatic carboxylic acids is 1. The molecule has 0 aliphatic carbocycles. The van der Waals surface area contributed by atoms with Crippen molar-refractivity contribution in [1.82, 2.24) is 9.78 Å². The summed E-state index contributed by atoms with van der Waals surface area (Å²) in [4.78, 5) is 10.8. The van der Waals surface area contributed by atoms with E-state index < -0.39 is 23.5 Å². The highest BCUT2D eigenvalue weighted by atomic mass is 19.4. The number of anilines is 1. The Morgan fingerprint density at radius 3 is 2.38 bits per heavy atom. The predicted octanol–water partition coefficient (Wildman–Crippen LogP) is 8.03. The van der Waals surface area contributed by atoms with Gasteiger partial charge in [-0.15, -0.1) is 0 Å². The topological polar surface area (TPSA) is 76.4 Å². The first kappa shape index (κ1) is 28.7. The highest BCUT2D eigenvalue weighted by molar-refractivity contribution is 5.88. The van der Waals surface area contributed by atoms with Gasteiger partial charge in [0.1, 0.15) is 11.6 Å². The molecule has 0 spiro atoms. The van der Waals surface area contributed by atoms with Gasteiger partial charge in [0.15, 0.2) is 0 Å². The van der Waals surface area contributed by atoms with E-state index in [9.17, 15) is 22.4 Å². The summed E-state index contributed by atoms with van der Waals surface area (Å²) in [6.07, 6.45) is -4.66. The van der Waals surface area contributed by atoms with Crippen LogP contribution in [0.15, 0.2) is 84.9 Å². The van der Waals surface area contributed by atoms with E-state index in [0.29, 0.717) is 17.5 Å². The van der Waals surface area contributed by atoms with Crippen LogP contribution in [0.2, 0.25) is 0 Å². The second-order valence-electron chi connectivity index (χ2n) is 9.85. The van der Waals surface area contributed by atoms with Gasteiger partial charge in [0.05, 0.1) is 36.5 Å². The fourth-order valence-corrected chi connectivity index (χ4v) is 4.78. The molecular weight excluding hydrogens is 550 g/mol. The number of rotatable bonds is 9. The van der Waals surface area contributed by atoms with Crippen molar-refractivity contribution in [3.05, 3.63) is 102 Å². The number of carbonyl (C=O) groups is 1. The van der Waals surface area contributed by atoms with Crippen molar-refractivity contribution in [1.29, 1.82) is 0 Å². The third kappa shape index (κ3) is 6.07. The number of carboxylic acid groups (broad SMARTS) is 1. The third-order valence-corrected chi connectivity index (χ3v) is 7.08. The van der Waals surface area contributed by atoms with Crippen LogP contribution < -0.4 is 10.1 Å². The average Bonchev–Trinajstić information content (AvgIpc) is 3.41. The number of hydrogen-bond acceptors (Lipinski definition) is 4. The zero-order valence-electron chi connectivity index (χ0n) is 22.7. The second-order valence-corrected chi connectivity index (χ2v) is 9.85. The number of halogens is 4. The van der Waals surface area contributed by atoms with E-state index in [1.165, 1.54) is 0 Å². The highest BCUT2D eigenvalue weighted by Gasteiger charge is 2.32. The van der Waals surface area contributed by atoms with E-state index in [-0.39, 0.29) is 30.3 Å². The van der Waals surface area contributed by atoms with E-state index in [2.05, 4.69) is 10.4 Å². The molecule has 0 fully saturated rings. The minimum atomic E-state index is -4.64. The minimum absolute atomic E-state index is 0.0256. The number of fused-ring (bicyclic) bond motifs is 1. The van der Waals surface area contributed by atoms with Gasteiger partial charge >= 0.3 is 12.1 Å². The van der Waals surface area contributed by atoms with Crippen LogP contribution in [0.3, 0.4) is 0 Å². The van der Waals surface area contributed by atoms with Gasteiger partial charge < -0.3 is 15.2 Å². The molecular formula is C32H27F4N3O3. The van der Waals surface area contributed by atoms with Crippen LogP contribution in [0.25, 0.3) is 33.3 Å². The number of carboxylic acids is 1. The maximum absolute atomic E-state index is 14.9. The fourth-order valence-electron chi connectivity index (χ4n) is 4.78. The van der Waals surface area contributed by atoms with Crippen molar-refractivity contribution in [2.24, 2.45) is 0 Å². The average molecular weight is 578 g/mol. The number of hydrogen-bond donors (Lipinski definition) is 2. The Morgan fingerprint density at radius 2 is 1.69 bits per heavy atom. The van der Waals surface area contributed by atoms with E-state index in [1.54, 1.807) is 17.9 Å². The highest BCUT2D eigenvalue weighted by Crippen LogP contribution is 2.37. The van der Waals surface area contributed by atoms with Crippen molar-refractivity contribution < 1.29 is 32.2 Å². The van der Waals surface area contributed by atoms with Gasteiger partial charge in [0.2, 0.25) is 0 Å². The van der Waals surface area contributed by atoms with Crippen LogP contribution >= 0.6 is 0 Å². The zero-order valence-corrected chi connectivity index (χ0v) is 22.7. The molecule has 42 heavy (non-hydrogen) atoms. The van der Waals surface area contributed by atoms with Crippen molar-refractivity contribution in [3.63, 3.8) is 0 Å². The first-order chi connectivity index (χ1) is 20.0. The molecule has 0 amide bonds. The molecule has 2 N–H and O–H groups in total. The number of benzene rings is 4. The molecule has 0 aliphatic heterocycles. The fraction of sp³-hybridized carbons (Fsp3) is 0.188. The lowest BCUT2D eigenvalue weighted by atomic mass is 10.0. The lowest BCUT2D eigenvalue weighted by molar-refractivity contribution is -0.138. The van der Waals surface area contributed by atoms with Crippen molar-refractivity contribution >= 4 is 22.4 Å². The van der Waals surface area contributed by atoms with Gasteiger partial charge in [0.25, 0.3) is 0 Å². The van der Waals surface area contributed by atoms with Crippen LogP contribution in [-0.4, -0.2) is 34.5 Å². The molecule has 216 valence electrons. The lowest BCUT2D eigenvalue weighted by Crippen LogP contribution is -2.11. The Labute approximate surface area is 239 Å². The van der Waals surface area contributed by atoms with Gasteiger partial charge in [-0.2, -0.15) is 18.3 Å². The Hall–Kier alpha value is -4.86. The number of methoxy groups -OCH3 is 1. The minimum Gasteiger partial charge on any atom is -0.497 e. The van der Waals surface area contributed by atoms with Gasteiger partial charge in [-0.05, 0) is 77.9 Å². The third-order valence-electron chi connectivity index (χ3n) is 7.08. The number of alkyl halides is 3. The molecule has 0 bridgehead atoms. The summed E-state index contributed by atoms with van der Waals surface area (Å²) in [7, 11) is 1.59. The summed E-state index contributed by atoms with van der Waals surface area (Å²) in [5.74, 6) is -1.01. The van der Waals surface area contributed by atoms with E-state index in [4.69, 9.17) is 9.84 Å². The molecule has 1 unspecified atom stereocenters. The molecule has 0 radical (unpaired) electrons. The number of aromatic nitrogens is 2. The molecule has 0 saturated heterocycles. The van der Waals surface area contributed by atoms with Crippen LogP contribution in [0, 0.1) is 5.82 Å². The molecule has 10 heteroatoms. The lowest BCUT2D eigenvalue weighted by Gasteiger charge is -2.17. The van der Waals surface area contributed by atoms with Gasteiger partial charge in [-0.1, -0.05) is 30.3 Å². The van der Waals surface area contributed by atoms with Crippen molar-refractivity contribution in [2.75, 3.05) is 19.0 Å². The standard InChI is InChI=1S/C32H27F4N3O3/c1-19(20-5-9-25(10-6-20)37-14-13-31(40)41)39-30(23-4-3-22-16-26(42-2)11-7-21(22)15-23)18-29(38-39)27-17-24(32(34,35)36)8-12-28(27)33/h3-12,15-19,37H,13-14H2,1-2H3,(H,40,41). The molecule has 5 aromatic rings. The van der Waals surface area contributed by atoms with Crippen LogP contribution in [0.4, 0.5) is 23.2 Å². The Balaban J connectivity index is 1.58. The van der Waals surface area contributed by atoms with Crippen LogP contribution in [0.5, 0.6) is 5.75 Å². The largest absolute Gasteiger partial charge is 0.497 e. The smallest absolute Gasteiger partial charge is 0.416 e. The Bertz CT molecular complexity index is 1750. The molecule has 5 rings (SSSR count). The first-order valence-electron chi connectivity index (χ1n) is 13.1. The predicted molar refractivity (Wildman–Crippen MR) is 153 cm³/mol. The molecule has 0 saturated carbocycles. The maximum Gasteiger partial charge on any atom is 0.416 e. The van der Waals surface area contributed by atoms with Crippen molar-refractivity contribution in [3.8, 4) is 28.3 Å². The number of nitrogens with one attached hydrogen (secondary N) is 1.